The van der Waals surface area contributed by atoms with Gasteiger partial charge in [0, 0.05) is 12.1 Å². The first-order valence-electron chi connectivity index (χ1n) is 6.97. The van der Waals surface area contributed by atoms with Gasteiger partial charge >= 0.3 is 6.18 Å². The molecule has 20 heavy (non-hydrogen) atoms. The van der Waals surface area contributed by atoms with E-state index >= 15 is 0 Å². The van der Waals surface area contributed by atoms with Crippen LogP contribution in [0.3, 0.4) is 0 Å². The van der Waals surface area contributed by atoms with Crippen LogP contribution in [-0.4, -0.2) is 6.10 Å². The van der Waals surface area contributed by atoms with Gasteiger partial charge in [0.1, 0.15) is 5.75 Å². The zero-order valence-corrected chi connectivity index (χ0v) is 11.5. The summed E-state index contributed by atoms with van der Waals surface area (Å²) in [6.45, 7) is 2.25. The molecule has 1 fully saturated rings. The van der Waals surface area contributed by atoms with Crippen molar-refractivity contribution >= 4 is 0 Å². The molecule has 0 spiro atoms. The number of hydrogen-bond donors (Lipinski definition) is 1. The van der Waals surface area contributed by atoms with E-state index in [0.717, 1.165) is 37.8 Å². The highest BCUT2D eigenvalue weighted by atomic mass is 19.4. The zero-order chi connectivity index (χ0) is 14.8. The van der Waals surface area contributed by atoms with Crippen molar-refractivity contribution in [1.82, 2.24) is 0 Å². The fourth-order valence-electron chi connectivity index (χ4n) is 2.56. The number of benzene rings is 1. The molecule has 0 aromatic heterocycles. The third kappa shape index (κ3) is 3.66. The minimum Gasteiger partial charge on any atom is -0.490 e. The van der Waals surface area contributed by atoms with E-state index in [1.165, 1.54) is 6.07 Å². The smallest absolute Gasteiger partial charge is 0.416 e. The van der Waals surface area contributed by atoms with Gasteiger partial charge in [-0.25, -0.2) is 0 Å². The maximum atomic E-state index is 12.7. The molecule has 1 aromatic rings. The largest absolute Gasteiger partial charge is 0.490 e. The standard InChI is InChI=1S/C15H20F3NO/c1-10-2-5-13(6-3-10)20-14-7-4-12(15(16,17)18)8-11(14)9-19/h4,7-8,10,13H,2-3,5-6,9,19H2,1H3. The van der Waals surface area contributed by atoms with Crippen molar-refractivity contribution in [3.63, 3.8) is 0 Å². The van der Waals surface area contributed by atoms with Crippen LogP contribution in [0.1, 0.15) is 43.7 Å². The van der Waals surface area contributed by atoms with E-state index in [1.54, 1.807) is 0 Å². The molecule has 5 heteroatoms. The Hall–Kier alpha value is -1.23. The van der Waals surface area contributed by atoms with Gasteiger partial charge < -0.3 is 10.5 Å². The van der Waals surface area contributed by atoms with E-state index in [4.69, 9.17) is 10.5 Å². The number of nitrogens with two attached hydrogens (primary N) is 1. The van der Waals surface area contributed by atoms with Crippen LogP contribution in [0.25, 0.3) is 0 Å². The van der Waals surface area contributed by atoms with Crippen molar-refractivity contribution in [2.45, 2.75) is 51.4 Å². The first-order valence-corrected chi connectivity index (χ1v) is 6.97. The molecule has 112 valence electrons. The quantitative estimate of drug-likeness (QED) is 0.907. The van der Waals surface area contributed by atoms with Crippen LogP contribution in [0.15, 0.2) is 18.2 Å². The van der Waals surface area contributed by atoms with Crippen LogP contribution in [0, 0.1) is 5.92 Å². The number of ether oxygens (including phenoxy) is 1. The predicted octanol–water partition coefficient (Wildman–Crippen LogP) is 4.12. The number of halogens is 3. The maximum absolute atomic E-state index is 12.7. The Labute approximate surface area is 117 Å². The molecule has 0 bridgehead atoms. The Morgan fingerprint density at radius 2 is 1.85 bits per heavy atom. The molecule has 0 saturated heterocycles. The molecule has 1 saturated carbocycles. The topological polar surface area (TPSA) is 35.2 Å². The first kappa shape index (κ1) is 15.2. The van der Waals surface area contributed by atoms with E-state index in [2.05, 4.69) is 6.92 Å². The number of alkyl halides is 3. The second-order valence-electron chi connectivity index (χ2n) is 5.52. The molecule has 2 rings (SSSR count). The lowest BCUT2D eigenvalue weighted by Crippen LogP contribution is -2.23. The Kier molecular flexibility index (Phi) is 4.58. The van der Waals surface area contributed by atoms with Crippen LogP contribution >= 0.6 is 0 Å². The summed E-state index contributed by atoms with van der Waals surface area (Å²) in [5.74, 6) is 1.19. The Morgan fingerprint density at radius 1 is 1.20 bits per heavy atom. The van der Waals surface area contributed by atoms with Gasteiger partial charge in [-0.05, 0) is 49.8 Å². The second kappa shape index (κ2) is 6.04. The molecule has 0 aliphatic heterocycles. The van der Waals surface area contributed by atoms with E-state index < -0.39 is 11.7 Å². The molecule has 0 amide bonds. The summed E-state index contributed by atoms with van der Waals surface area (Å²) in [4.78, 5) is 0. The van der Waals surface area contributed by atoms with Crippen LogP contribution < -0.4 is 10.5 Å². The summed E-state index contributed by atoms with van der Waals surface area (Å²) in [5, 5.41) is 0. The van der Waals surface area contributed by atoms with Gasteiger partial charge in [0.2, 0.25) is 0 Å². The Balaban J connectivity index is 2.12. The minimum atomic E-state index is -4.34. The third-order valence-corrected chi connectivity index (χ3v) is 3.86. The van der Waals surface area contributed by atoms with Crippen molar-refractivity contribution in [2.75, 3.05) is 0 Å². The summed E-state index contributed by atoms with van der Waals surface area (Å²) < 4.78 is 43.8. The number of rotatable bonds is 3. The molecule has 1 aliphatic carbocycles. The lowest BCUT2D eigenvalue weighted by atomic mass is 9.89. The molecule has 2 N–H and O–H groups in total. The van der Waals surface area contributed by atoms with Gasteiger partial charge in [-0.15, -0.1) is 0 Å². The lowest BCUT2D eigenvalue weighted by Gasteiger charge is -2.27. The molecule has 1 aromatic carbocycles. The molecule has 0 unspecified atom stereocenters. The van der Waals surface area contributed by atoms with Crippen LogP contribution in [-0.2, 0) is 12.7 Å². The van der Waals surface area contributed by atoms with Gasteiger partial charge in [0.05, 0.1) is 11.7 Å². The van der Waals surface area contributed by atoms with Crippen molar-refractivity contribution in [1.29, 1.82) is 0 Å². The molecular weight excluding hydrogens is 267 g/mol. The lowest BCUT2D eigenvalue weighted by molar-refractivity contribution is -0.137. The average Bonchev–Trinajstić information content (AvgIpc) is 2.40. The fourth-order valence-corrected chi connectivity index (χ4v) is 2.56. The summed E-state index contributed by atoms with van der Waals surface area (Å²) in [6, 6.07) is 3.53. The van der Waals surface area contributed by atoms with Crippen LogP contribution in [0.2, 0.25) is 0 Å². The maximum Gasteiger partial charge on any atom is 0.416 e. The molecule has 2 nitrogen and oxygen atoms in total. The van der Waals surface area contributed by atoms with E-state index in [0.29, 0.717) is 17.2 Å². The average molecular weight is 287 g/mol. The van der Waals surface area contributed by atoms with E-state index in [1.807, 2.05) is 0 Å². The molecule has 1 aliphatic rings. The van der Waals surface area contributed by atoms with Crippen LogP contribution in [0.4, 0.5) is 13.2 Å². The van der Waals surface area contributed by atoms with Crippen molar-refractivity contribution in [2.24, 2.45) is 11.7 Å². The van der Waals surface area contributed by atoms with Crippen LogP contribution in [0.5, 0.6) is 5.75 Å². The fraction of sp³-hybridized carbons (Fsp3) is 0.600. The second-order valence-corrected chi connectivity index (χ2v) is 5.52. The summed E-state index contributed by atoms with van der Waals surface area (Å²) in [6.07, 6.45) is -0.151. The Morgan fingerprint density at radius 3 is 2.40 bits per heavy atom. The van der Waals surface area contributed by atoms with Gasteiger partial charge in [-0.2, -0.15) is 13.2 Å². The number of hydrogen-bond acceptors (Lipinski definition) is 2. The third-order valence-electron chi connectivity index (χ3n) is 3.86. The van der Waals surface area contributed by atoms with Gasteiger partial charge in [-0.1, -0.05) is 6.92 Å². The minimum absolute atomic E-state index is 0.0440. The van der Waals surface area contributed by atoms with E-state index in [9.17, 15) is 13.2 Å². The van der Waals surface area contributed by atoms with E-state index in [-0.39, 0.29) is 12.6 Å². The summed E-state index contributed by atoms with van der Waals surface area (Å²) >= 11 is 0. The molecule has 0 atom stereocenters. The van der Waals surface area contributed by atoms with Gasteiger partial charge in [-0.3, -0.25) is 0 Å². The van der Waals surface area contributed by atoms with Gasteiger partial charge in [0.15, 0.2) is 0 Å². The molecule has 0 radical (unpaired) electrons. The highest BCUT2D eigenvalue weighted by molar-refractivity contribution is 5.38. The monoisotopic (exact) mass is 287 g/mol. The van der Waals surface area contributed by atoms with Gasteiger partial charge in [0.25, 0.3) is 0 Å². The molecular formula is C15H20F3NO. The van der Waals surface area contributed by atoms with Crippen molar-refractivity contribution in [3.8, 4) is 5.75 Å². The summed E-state index contributed by atoms with van der Waals surface area (Å²) in [7, 11) is 0. The van der Waals surface area contributed by atoms with Crippen molar-refractivity contribution < 1.29 is 17.9 Å². The predicted molar refractivity (Wildman–Crippen MR) is 71.4 cm³/mol. The highest BCUT2D eigenvalue weighted by Crippen LogP contribution is 2.34. The van der Waals surface area contributed by atoms with Crippen molar-refractivity contribution in [3.05, 3.63) is 29.3 Å². The first-order chi connectivity index (χ1) is 9.40. The Bertz CT molecular complexity index is 451. The normalized spacial score (nSPS) is 23.6. The highest BCUT2D eigenvalue weighted by Gasteiger charge is 2.31. The summed E-state index contributed by atoms with van der Waals surface area (Å²) in [5.41, 5.74) is 5.28. The molecule has 0 heterocycles. The SMILES string of the molecule is CC1CCC(Oc2ccc(C(F)(F)F)cc2CN)CC1. The zero-order valence-electron chi connectivity index (χ0n) is 11.5.